The summed E-state index contributed by atoms with van der Waals surface area (Å²) in [7, 11) is 0. The molecule has 1 atom stereocenters. The standard InChI is InChI=1S/C22H16F6N6O2/c1-8-17-18(20(29)31-9(2)30-17)34(33-8)16-7-13(24)15(6-14(16)25)32-21(36)19(35)10-3-11(22(26,27)28)5-12(23)4-10/h3-7,19,35H,1-2H3,(H,32,36)(H2,29,30,31). The van der Waals surface area contributed by atoms with E-state index in [2.05, 4.69) is 15.1 Å². The molecule has 4 N–H and O–H groups in total. The van der Waals surface area contributed by atoms with Crippen molar-refractivity contribution in [1.82, 2.24) is 19.7 Å². The van der Waals surface area contributed by atoms with Crippen LogP contribution in [-0.2, 0) is 11.0 Å². The average molecular weight is 510 g/mol. The van der Waals surface area contributed by atoms with E-state index < -0.39 is 58.1 Å². The topological polar surface area (TPSA) is 119 Å². The molecule has 1 amide bonds. The minimum absolute atomic E-state index is 0.0354. The van der Waals surface area contributed by atoms with Gasteiger partial charge in [0.2, 0.25) is 0 Å². The van der Waals surface area contributed by atoms with Crippen LogP contribution in [0.1, 0.15) is 28.7 Å². The van der Waals surface area contributed by atoms with E-state index >= 15 is 0 Å². The minimum Gasteiger partial charge on any atom is -0.382 e. The van der Waals surface area contributed by atoms with E-state index in [-0.39, 0.29) is 17.4 Å². The summed E-state index contributed by atoms with van der Waals surface area (Å²) in [6.45, 7) is 3.16. The second-order valence-corrected chi connectivity index (χ2v) is 7.80. The fourth-order valence-corrected chi connectivity index (χ4v) is 3.55. The van der Waals surface area contributed by atoms with Crippen molar-refractivity contribution >= 4 is 28.4 Å². The average Bonchev–Trinajstić information content (AvgIpc) is 3.10. The molecule has 0 aliphatic rings. The van der Waals surface area contributed by atoms with Crippen LogP contribution in [0.3, 0.4) is 0 Å². The molecular weight excluding hydrogens is 494 g/mol. The first-order chi connectivity index (χ1) is 16.8. The Balaban J connectivity index is 1.67. The fraction of sp³-hybridized carbons (Fsp3) is 0.182. The number of nitrogens with one attached hydrogen (secondary N) is 1. The number of aryl methyl sites for hydroxylation is 2. The molecule has 8 nitrogen and oxygen atoms in total. The number of nitrogen functional groups attached to an aromatic ring is 1. The van der Waals surface area contributed by atoms with E-state index in [1.54, 1.807) is 13.8 Å². The summed E-state index contributed by atoms with van der Waals surface area (Å²) < 4.78 is 83.2. The number of aliphatic hydroxyl groups excluding tert-OH is 1. The molecule has 2 heterocycles. The number of hydrogen-bond acceptors (Lipinski definition) is 6. The quantitative estimate of drug-likeness (QED) is 0.356. The van der Waals surface area contributed by atoms with Crippen LogP contribution in [0.5, 0.6) is 0 Å². The number of carbonyl (C=O) groups excluding carboxylic acids is 1. The number of anilines is 2. The predicted molar refractivity (Wildman–Crippen MR) is 115 cm³/mol. The molecule has 36 heavy (non-hydrogen) atoms. The number of aromatic nitrogens is 4. The van der Waals surface area contributed by atoms with Gasteiger partial charge >= 0.3 is 6.18 Å². The lowest BCUT2D eigenvalue weighted by molar-refractivity contribution is -0.138. The monoisotopic (exact) mass is 510 g/mol. The van der Waals surface area contributed by atoms with Gasteiger partial charge in [-0.1, -0.05) is 0 Å². The van der Waals surface area contributed by atoms with E-state index in [4.69, 9.17) is 5.73 Å². The number of benzene rings is 2. The van der Waals surface area contributed by atoms with Gasteiger partial charge in [-0.25, -0.2) is 27.8 Å². The number of carbonyl (C=O) groups is 1. The first-order valence-corrected chi connectivity index (χ1v) is 10.1. The number of halogens is 6. The lowest BCUT2D eigenvalue weighted by atomic mass is 10.0. The zero-order chi connectivity index (χ0) is 26.5. The van der Waals surface area contributed by atoms with Gasteiger partial charge < -0.3 is 16.2 Å². The van der Waals surface area contributed by atoms with Crippen LogP contribution in [0.2, 0.25) is 0 Å². The molecule has 0 saturated carbocycles. The number of hydrogen-bond donors (Lipinski definition) is 3. The molecule has 4 rings (SSSR count). The highest BCUT2D eigenvalue weighted by Crippen LogP contribution is 2.33. The molecule has 0 fully saturated rings. The Labute approximate surface area is 198 Å². The Morgan fingerprint density at radius 3 is 2.42 bits per heavy atom. The molecule has 1 unspecified atom stereocenters. The van der Waals surface area contributed by atoms with Gasteiger partial charge in [-0.3, -0.25) is 4.79 Å². The predicted octanol–water partition coefficient (Wildman–Crippen LogP) is 4.12. The number of fused-ring (bicyclic) bond motifs is 1. The maximum absolute atomic E-state index is 15.0. The highest BCUT2D eigenvalue weighted by Gasteiger charge is 2.33. The minimum atomic E-state index is -4.94. The van der Waals surface area contributed by atoms with Gasteiger partial charge in [-0.2, -0.15) is 18.3 Å². The molecular formula is C22H16F6N6O2. The third-order valence-electron chi connectivity index (χ3n) is 5.16. The number of amides is 1. The number of aliphatic hydroxyl groups is 1. The van der Waals surface area contributed by atoms with Crippen molar-refractivity contribution in [3.05, 3.63) is 70.4 Å². The fourth-order valence-electron chi connectivity index (χ4n) is 3.55. The Bertz CT molecular complexity index is 1520. The molecule has 2 aromatic heterocycles. The van der Waals surface area contributed by atoms with Gasteiger partial charge in [0.05, 0.1) is 16.9 Å². The highest BCUT2D eigenvalue weighted by atomic mass is 19.4. The van der Waals surface area contributed by atoms with Crippen LogP contribution in [0.15, 0.2) is 30.3 Å². The molecule has 0 radical (unpaired) electrons. The van der Waals surface area contributed by atoms with Crippen LogP contribution in [0.4, 0.5) is 37.8 Å². The van der Waals surface area contributed by atoms with Crippen LogP contribution >= 0.6 is 0 Å². The maximum atomic E-state index is 15.0. The molecule has 4 aromatic rings. The summed E-state index contributed by atoms with van der Waals surface area (Å²) >= 11 is 0. The van der Waals surface area contributed by atoms with Crippen LogP contribution in [0, 0.1) is 31.3 Å². The van der Waals surface area contributed by atoms with E-state index in [0.717, 1.165) is 4.68 Å². The maximum Gasteiger partial charge on any atom is 0.416 e. The second kappa shape index (κ2) is 8.78. The summed E-state index contributed by atoms with van der Waals surface area (Å²) in [6, 6.07) is 2.33. The number of alkyl halides is 3. The Hall–Kier alpha value is -4.20. The third kappa shape index (κ3) is 4.54. The Morgan fingerprint density at radius 2 is 1.75 bits per heavy atom. The zero-order valence-corrected chi connectivity index (χ0v) is 18.5. The number of nitrogens with zero attached hydrogens (tertiary/aromatic N) is 4. The SMILES string of the molecule is Cc1nc(N)c2c(n1)c(C)nn2-c1cc(F)c(NC(=O)C(O)c2cc(F)cc(C(F)(F)F)c2)cc1F. The van der Waals surface area contributed by atoms with Crippen molar-refractivity contribution in [2.45, 2.75) is 26.1 Å². The van der Waals surface area contributed by atoms with E-state index in [0.29, 0.717) is 41.3 Å². The normalized spacial score (nSPS) is 12.7. The highest BCUT2D eigenvalue weighted by molar-refractivity contribution is 5.95. The molecule has 188 valence electrons. The zero-order valence-electron chi connectivity index (χ0n) is 18.5. The van der Waals surface area contributed by atoms with Gasteiger partial charge in [0.25, 0.3) is 5.91 Å². The molecule has 0 spiro atoms. The van der Waals surface area contributed by atoms with Crippen LogP contribution in [0.25, 0.3) is 16.7 Å². The molecule has 2 aromatic carbocycles. The van der Waals surface area contributed by atoms with Crippen molar-refractivity contribution in [2.24, 2.45) is 0 Å². The van der Waals surface area contributed by atoms with Crippen LogP contribution in [-0.4, -0.2) is 30.8 Å². The number of rotatable bonds is 4. The van der Waals surface area contributed by atoms with Gasteiger partial charge in [-0.15, -0.1) is 0 Å². The first kappa shape index (κ1) is 24.9. The summed E-state index contributed by atoms with van der Waals surface area (Å²) in [5, 5.41) is 16.1. The molecule has 0 bridgehead atoms. The molecule has 0 aliphatic heterocycles. The third-order valence-corrected chi connectivity index (χ3v) is 5.16. The Morgan fingerprint density at radius 1 is 1.06 bits per heavy atom. The van der Waals surface area contributed by atoms with E-state index in [9.17, 15) is 36.2 Å². The second-order valence-electron chi connectivity index (χ2n) is 7.80. The molecule has 0 saturated heterocycles. The van der Waals surface area contributed by atoms with E-state index in [1.165, 1.54) is 0 Å². The van der Waals surface area contributed by atoms with E-state index in [1.807, 2.05) is 5.32 Å². The van der Waals surface area contributed by atoms with Crippen molar-refractivity contribution in [3.63, 3.8) is 0 Å². The van der Waals surface area contributed by atoms with Crippen molar-refractivity contribution < 1.29 is 36.2 Å². The summed E-state index contributed by atoms with van der Waals surface area (Å²) in [6.07, 6.45) is -7.26. The van der Waals surface area contributed by atoms with Crippen molar-refractivity contribution in [2.75, 3.05) is 11.1 Å². The van der Waals surface area contributed by atoms with Crippen molar-refractivity contribution in [3.8, 4) is 5.69 Å². The smallest absolute Gasteiger partial charge is 0.382 e. The Kier molecular flexibility index (Phi) is 6.08. The van der Waals surface area contributed by atoms with Gasteiger partial charge in [0.15, 0.2) is 17.7 Å². The van der Waals surface area contributed by atoms with Gasteiger partial charge in [0, 0.05) is 12.1 Å². The van der Waals surface area contributed by atoms with Gasteiger partial charge in [-0.05, 0) is 37.6 Å². The largest absolute Gasteiger partial charge is 0.416 e. The lowest BCUT2D eigenvalue weighted by Crippen LogP contribution is -2.22. The lowest BCUT2D eigenvalue weighted by Gasteiger charge is -2.15. The van der Waals surface area contributed by atoms with Gasteiger partial charge in [0.1, 0.15) is 34.2 Å². The summed E-state index contributed by atoms with van der Waals surface area (Å²) in [5.41, 5.74) is 3.40. The molecule has 14 heteroatoms. The van der Waals surface area contributed by atoms with Crippen molar-refractivity contribution in [1.29, 1.82) is 0 Å². The molecule has 0 aliphatic carbocycles. The number of nitrogens with two attached hydrogens (primary N) is 1. The summed E-state index contributed by atoms with van der Waals surface area (Å²) in [4.78, 5) is 20.5. The first-order valence-electron chi connectivity index (χ1n) is 10.1. The summed E-state index contributed by atoms with van der Waals surface area (Å²) in [5.74, 6) is -4.72. The van der Waals surface area contributed by atoms with Crippen LogP contribution < -0.4 is 11.1 Å².